The summed E-state index contributed by atoms with van der Waals surface area (Å²) in [6.45, 7) is -0.882. The summed E-state index contributed by atoms with van der Waals surface area (Å²) in [5.41, 5.74) is -1.43. The molecule has 0 aromatic carbocycles. The summed E-state index contributed by atoms with van der Waals surface area (Å²) in [5, 5.41) is 19.8. The van der Waals surface area contributed by atoms with Gasteiger partial charge in [-0.3, -0.25) is 4.79 Å². The number of aliphatic carboxylic acids is 1. The van der Waals surface area contributed by atoms with Crippen molar-refractivity contribution in [1.29, 1.82) is 0 Å². The average molecular weight is 383 g/mol. The number of pyridine rings is 1. The number of nitrogens with zero attached hydrogens (tertiary/aromatic N) is 2. The molecule has 3 aromatic rings. The molecule has 11 heteroatoms. The van der Waals surface area contributed by atoms with Crippen molar-refractivity contribution in [2.24, 2.45) is 0 Å². The summed E-state index contributed by atoms with van der Waals surface area (Å²) in [7, 11) is 0. The second-order valence-electron chi connectivity index (χ2n) is 5.56. The number of aromatic nitrogens is 2. The van der Waals surface area contributed by atoms with Gasteiger partial charge in [0.05, 0.1) is 24.7 Å². The summed E-state index contributed by atoms with van der Waals surface area (Å²) in [5.74, 6) is -2.52. The van der Waals surface area contributed by atoms with Crippen LogP contribution >= 0.6 is 0 Å². The highest BCUT2D eigenvalue weighted by Crippen LogP contribution is 2.35. The highest BCUT2D eigenvalue weighted by molar-refractivity contribution is 5.95. The lowest BCUT2D eigenvalue weighted by Gasteiger charge is -2.10. The second-order valence-corrected chi connectivity index (χ2v) is 5.56. The van der Waals surface area contributed by atoms with Gasteiger partial charge in [0.2, 0.25) is 0 Å². The molecule has 3 heterocycles. The summed E-state index contributed by atoms with van der Waals surface area (Å²) < 4.78 is 46.2. The molecule has 1 amide bonds. The lowest BCUT2D eigenvalue weighted by molar-refractivity contribution is -0.140. The first-order valence-electron chi connectivity index (χ1n) is 7.47. The van der Waals surface area contributed by atoms with Crippen LogP contribution in [0.25, 0.3) is 16.8 Å². The molecule has 0 spiro atoms. The fraction of sp³-hybridized carbons (Fsp3) is 0.188. The van der Waals surface area contributed by atoms with Crippen molar-refractivity contribution in [3.05, 3.63) is 48.3 Å². The van der Waals surface area contributed by atoms with E-state index in [0.717, 1.165) is 16.7 Å². The monoisotopic (exact) mass is 383 g/mol. The molecule has 1 unspecified atom stereocenters. The highest BCUT2D eigenvalue weighted by atomic mass is 19.4. The molecule has 27 heavy (non-hydrogen) atoms. The van der Waals surface area contributed by atoms with Crippen molar-refractivity contribution < 1.29 is 37.4 Å². The average Bonchev–Trinajstić information content (AvgIpc) is 3.26. The van der Waals surface area contributed by atoms with Crippen LogP contribution in [0, 0.1) is 0 Å². The molecule has 1 atom stereocenters. The number of fused-ring (bicyclic) bond motifs is 1. The quantitative estimate of drug-likeness (QED) is 0.618. The Morgan fingerprint density at radius 1 is 1.30 bits per heavy atom. The molecule has 3 rings (SSSR count). The first-order valence-corrected chi connectivity index (χ1v) is 7.47. The largest absolute Gasteiger partial charge is 0.480 e. The predicted octanol–water partition coefficient (Wildman–Crippen LogP) is 1.79. The minimum Gasteiger partial charge on any atom is -0.480 e. The Labute approximate surface area is 148 Å². The maximum atomic E-state index is 13.4. The van der Waals surface area contributed by atoms with Crippen molar-refractivity contribution in [3.63, 3.8) is 0 Å². The lowest BCUT2D eigenvalue weighted by atomic mass is 10.1. The third-order valence-corrected chi connectivity index (χ3v) is 3.73. The van der Waals surface area contributed by atoms with Crippen molar-refractivity contribution in [1.82, 2.24) is 14.7 Å². The number of nitrogens with one attached hydrogen (secondary N) is 1. The number of aliphatic hydroxyl groups is 1. The van der Waals surface area contributed by atoms with Crippen LogP contribution in [0.15, 0.2) is 41.5 Å². The van der Waals surface area contributed by atoms with Gasteiger partial charge >= 0.3 is 12.1 Å². The Morgan fingerprint density at radius 3 is 2.59 bits per heavy atom. The van der Waals surface area contributed by atoms with Gasteiger partial charge in [0, 0.05) is 23.5 Å². The predicted molar refractivity (Wildman–Crippen MR) is 83.9 cm³/mol. The first kappa shape index (κ1) is 18.5. The van der Waals surface area contributed by atoms with Gasteiger partial charge in [-0.25, -0.2) is 9.78 Å². The highest BCUT2D eigenvalue weighted by Gasteiger charge is 2.35. The van der Waals surface area contributed by atoms with Gasteiger partial charge in [-0.15, -0.1) is 0 Å². The Balaban J connectivity index is 2.08. The zero-order valence-corrected chi connectivity index (χ0v) is 13.4. The maximum Gasteiger partial charge on any atom is 0.420 e. The number of hydrogen-bond donors (Lipinski definition) is 3. The topological polar surface area (TPSA) is 117 Å². The van der Waals surface area contributed by atoms with Crippen LogP contribution < -0.4 is 5.32 Å². The van der Waals surface area contributed by atoms with Crippen molar-refractivity contribution in [3.8, 4) is 11.1 Å². The van der Waals surface area contributed by atoms with E-state index in [1.54, 1.807) is 0 Å². The van der Waals surface area contributed by atoms with E-state index < -0.39 is 47.6 Å². The fourth-order valence-corrected chi connectivity index (χ4v) is 2.42. The van der Waals surface area contributed by atoms with Crippen molar-refractivity contribution in [2.45, 2.75) is 12.2 Å². The van der Waals surface area contributed by atoms with Crippen LogP contribution in [-0.4, -0.2) is 44.1 Å². The molecule has 0 fully saturated rings. The Hall–Kier alpha value is -3.34. The zero-order chi connectivity index (χ0) is 19.8. The number of alkyl halides is 3. The third-order valence-electron chi connectivity index (χ3n) is 3.73. The molecule has 0 aliphatic rings. The third kappa shape index (κ3) is 3.62. The fourth-order valence-electron chi connectivity index (χ4n) is 2.42. The number of halogens is 3. The molecular weight excluding hydrogens is 371 g/mol. The van der Waals surface area contributed by atoms with Crippen LogP contribution in [0.1, 0.15) is 16.1 Å². The van der Waals surface area contributed by atoms with Gasteiger partial charge in [0.15, 0.2) is 6.04 Å². The van der Waals surface area contributed by atoms with Crippen molar-refractivity contribution in [2.75, 3.05) is 6.61 Å². The number of carboxylic acids is 1. The molecule has 0 saturated heterocycles. The van der Waals surface area contributed by atoms with Crippen LogP contribution in [0.3, 0.4) is 0 Å². The molecule has 3 aromatic heterocycles. The van der Waals surface area contributed by atoms with Gasteiger partial charge in [-0.1, -0.05) is 0 Å². The molecule has 0 aliphatic carbocycles. The van der Waals surface area contributed by atoms with Gasteiger partial charge in [-0.05, 0) is 12.1 Å². The molecule has 8 nitrogen and oxygen atoms in total. The van der Waals surface area contributed by atoms with E-state index in [2.05, 4.69) is 4.98 Å². The number of hydrogen-bond acceptors (Lipinski definition) is 5. The smallest absolute Gasteiger partial charge is 0.420 e. The molecular formula is C16H12F3N3O5. The van der Waals surface area contributed by atoms with Crippen LogP contribution in [0.2, 0.25) is 0 Å². The normalized spacial score (nSPS) is 12.9. The summed E-state index contributed by atoms with van der Waals surface area (Å²) >= 11 is 0. The Bertz CT molecular complexity index is 995. The number of amides is 1. The van der Waals surface area contributed by atoms with E-state index in [1.165, 1.54) is 24.8 Å². The van der Waals surface area contributed by atoms with E-state index in [0.29, 0.717) is 5.56 Å². The zero-order valence-electron chi connectivity index (χ0n) is 13.4. The number of carbonyl (C=O) groups is 2. The summed E-state index contributed by atoms with van der Waals surface area (Å²) in [6, 6.07) is 0.749. The van der Waals surface area contributed by atoms with Gasteiger partial charge in [0.25, 0.3) is 5.91 Å². The number of furan rings is 1. The van der Waals surface area contributed by atoms with Gasteiger partial charge in [-0.2, -0.15) is 13.2 Å². The van der Waals surface area contributed by atoms with E-state index in [9.17, 15) is 22.8 Å². The molecule has 142 valence electrons. The Kier molecular flexibility index (Phi) is 4.62. The minimum absolute atomic E-state index is 0.187. The van der Waals surface area contributed by atoms with E-state index in [-0.39, 0.29) is 5.56 Å². The van der Waals surface area contributed by atoms with Gasteiger partial charge in [0.1, 0.15) is 11.3 Å². The van der Waals surface area contributed by atoms with Crippen LogP contribution in [0.4, 0.5) is 13.2 Å². The number of imidazole rings is 1. The molecule has 0 aliphatic heterocycles. The second kappa shape index (κ2) is 6.76. The SMILES string of the molecule is O=C(NC(CO)C(=O)O)c1cn2cc(-c3ccoc3)cc(C(F)(F)F)c2n1. The van der Waals surface area contributed by atoms with E-state index >= 15 is 0 Å². The minimum atomic E-state index is -4.74. The van der Waals surface area contributed by atoms with E-state index in [1.807, 2.05) is 5.32 Å². The van der Waals surface area contributed by atoms with Crippen LogP contribution in [0.5, 0.6) is 0 Å². The molecule has 3 N–H and O–H groups in total. The number of carbonyl (C=O) groups excluding carboxylic acids is 1. The summed E-state index contributed by atoms with van der Waals surface area (Å²) in [4.78, 5) is 26.7. The van der Waals surface area contributed by atoms with Gasteiger partial charge < -0.3 is 24.3 Å². The summed E-state index contributed by atoms with van der Waals surface area (Å²) in [6.07, 6.45) is 0.208. The lowest BCUT2D eigenvalue weighted by Crippen LogP contribution is -2.43. The maximum absolute atomic E-state index is 13.4. The first-order chi connectivity index (χ1) is 12.7. The molecule has 0 radical (unpaired) electrons. The molecule has 0 saturated carbocycles. The standard InChI is InChI=1S/C16H12F3N3O5/c17-16(18,19)10-3-9(8-1-2-27-7-8)4-22-5-11(20-13(10)22)14(24)21-12(6-23)15(25)26/h1-5,7,12,23H,6H2,(H,21,24)(H,25,26). The number of rotatable bonds is 5. The Morgan fingerprint density at radius 2 is 2.04 bits per heavy atom. The van der Waals surface area contributed by atoms with E-state index in [4.69, 9.17) is 14.6 Å². The van der Waals surface area contributed by atoms with Crippen LogP contribution in [-0.2, 0) is 11.0 Å². The van der Waals surface area contributed by atoms with Crippen molar-refractivity contribution >= 4 is 17.5 Å². The number of carboxylic acid groups (broad SMARTS) is 1. The number of aliphatic hydroxyl groups excluding tert-OH is 1. The molecule has 0 bridgehead atoms.